The van der Waals surface area contributed by atoms with Gasteiger partial charge in [-0.15, -0.1) is 0 Å². The summed E-state index contributed by atoms with van der Waals surface area (Å²) in [6.07, 6.45) is 6.39. The van der Waals surface area contributed by atoms with Crippen molar-refractivity contribution >= 4 is 22.3 Å². The molecule has 0 saturated carbocycles. The van der Waals surface area contributed by atoms with E-state index in [2.05, 4.69) is 15.3 Å². The molecule has 0 aliphatic carbocycles. The van der Waals surface area contributed by atoms with Crippen LogP contribution in [0.1, 0.15) is 12.1 Å². The molecule has 1 aromatic carbocycles. The minimum Gasteiger partial charge on any atom is -0.384 e. The lowest BCUT2D eigenvalue weighted by atomic mass is 10.1. The predicted octanol–water partition coefficient (Wildman–Crippen LogP) is 3.15. The fourth-order valence-electron chi connectivity index (χ4n) is 2.51. The Balaban J connectivity index is 1.78. The Morgan fingerprint density at radius 2 is 2.22 bits per heavy atom. The highest BCUT2D eigenvalue weighted by atomic mass is 16.6. The van der Waals surface area contributed by atoms with Crippen molar-refractivity contribution in [3.63, 3.8) is 0 Å². The number of hydrogen-bond donors (Lipinski definition) is 1. The predicted molar refractivity (Wildman–Crippen MR) is 88.5 cm³/mol. The van der Waals surface area contributed by atoms with Gasteiger partial charge in [-0.1, -0.05) is 0 Å². The van der Waals surface area contributed by atoms with E-state index >= 15 is 0 Å². The molecule has 0 aliphatic heterocycles. The zero-order valence-electron chi connectivity index (χ0n) is 12.8. The highest BCUT2D eigenvalue weighted by Gasteiger charge is 2.10. The maximum absolute atomic E-state index is 11.0. The number of nitro groups is 1. The van der Waals surface area contributed by atoms with Crippen molar-refractivity contribution in [3.8, 4) is 0 Å². The van der Waals surface area contributed by atoms with Crippen LogP contribution in [0.25, 0.3) is 10.9 Å². The number of aromatic nitrogens is 3. The largest absolute Gasteiger partial charge is 0.384 e. The number of fused-ring (bicyclic) bond motifs is 1. The van der Waals surface area contributed by atoms with Crippen molar-refractivity contribution in [2.75, 3.05) is 11.9 Å². The van der Waals surface area contributed by atoms with Gasteiger partial charge in [-0.05, 0) is 25.5 Å². The molecule has 0 amide bonds. The van der Waals surface area contributed by atoms with Crippen molar-refractivity contribution in [2.24, 2.45) is 0 Å². The Morgan fingerprint density at radius 1 is 1.35 bits per heavy atom. The van der Waals surface area contributed by atoms with E-state index in [1.165, 1.54) is 6.07 Å². The van der Waals surface area contributed by atoms with Crippen molar-refractivity contribution in [1.82, 2.24) is 14.5 Å². The summed E-state index contributed by atoms with van der Waals surface area (Å²) in [5.41, 5.74) is 2.59. The lowest BCUT2D eigenvalue weighted by molar-refractivity contribution is -0.384. The van der Waals surface area contributed by atoms with Crippen molar-refractivity contribution in [3.05, 3.63) is 58.8 Å². The van der Waals surface area contributed by atoms with Gasteiger partial charge in [-0.3, -0.25) is 15.1 Å². The Morgan fingerprint density at radius 3 is 2.96 bits per heavy atom. The SMILES string of the molecule is Cc1cc(NCCCn2ccnc2)c2cc([N+](=O)[O-])ccc2n1. The first-order valence-corrected chi connectivity index (χ1v) is 7.39. The Labute approximate surface area is 133 Å². The summed E-state index contributed by atoms with van der Waals surface area (Å²) < 4.78 is 2.02. The first kappa shape index (κ1) is 15.0. The molecule has 0 bridgehead atoms. The molecule has 0 spiro atoms. The Hall–Kier alpha value is -2.96. The van der Waals surface area contributed by atoms with Crippen LogP contribution in [0.2, 0.25) is 0 Å². The molecule has 118 valence electrons. The third-order valence-electron chi connectivity index (χ3n) is 3.60. The number of benzene rings is 1. The van der Waals surface area contributed by atoms with Crippen LogP contribution in [0.4, 0.5) is 11.4 Å². The zero-order valence-corrected chi connectivity index (χ0v) is 12.8. The van der Waals surface area contributed by atoms with Gasteiger partial charge >= 0.3 is 0 Å². The molecular weight excluding hydrogens is 294 g/mol. The number of rotatable bonds is 6. The standard InChI is InChI=1S/C16H17N5O2/c1-12-9-16(18-5-2-7-20-8-6-17-11-20)14-10-13(21(22)23)3-4-15(14)19-12/h3-4,6,8-11H,2,5,7H2,1H3,(H,18,19). The van der Waals surface area contributed by atoms with Crippen molar-refractivity contribution in [1.29, 1.82) is 0 Å². The van der Waals surface area contributed by atoms with Crippen LogP contribution in [0.15, 0.2) is 43.0 Å². The topological polar surface area (TPSA) is 85.9 Å². The lowest BCUT2D eigenvalue weighted by Crippen LogP contribution is -2.06. The molecule has 3 aromatic rings. The Kier molecular flexibility index (Phi) is 4.18. The zero-order chi connectivity index (χ0) is 16.2. The summed E-state index contributed by atoms with van der Waals surface area (Å²) >= 11 is 0. The van der Waals surface area contributed by atoms with Gasteiger partial charge in [0.2, 0.25) is 0 Å². The van der Waals surface area contributed by atoms with E-state index in [1.54, 1.807) is 24.7 Å². The van der Waals surface area contributed by atoms with Gasteiger partial charge < -0.3 is 9.88 Å². The highest BCUT2D eigenvalue weighted by Crippen LogP contribution is 2.27. The fraction of sp³-hybridized carbons (Fsp3) is 0.250. The molecule has 1 N–H and O–H groups in total. The van der Waals surface area contributed by atoms with E-state index in [1.807, 2.05) is 23.8 Å². The fourth-order valence-corrected chi connectivity index (χ4v) is 2.51. The van der Waals surface area contributed by atoms with Crippen LogP contribution >= 0.6 is 0 Å². The van der Waals surface area contributed by atoms with Gasteiger partial charge in [-0.2, -0.15) is 0 Å². The molecule has 0 aliphatic rings. The number of aryl methyl sites for hydroxylation is 2. The second-order valence-corrected chi connectivity index (χ2v) is 5.35. The molecule has 2 aromatic heterocycles. The maximum Gasteiger partial charge on any atom is 0.270 e. The third-order valence-corrected chi connectivity index (χ3v) is 3.60. The smallest absolute Gasteiger partial charge is 0.270 e. The van der Waals surface area contributed by atoms with Crippen LogP contribution in [-0.2, 0) is 6.54 Å². The van der Waals surface area contributed by atoms with E-state index in [0.29, 0.717) is 0 Å². The number of nitrogens with one attached hydrogen (secondary N) is 1. The summed E-state index contributed by atoms with van der Waals surface area (Å²) in [6.45, 7) is 3.55. The molecule has 7 nitrogen and oxygen atoms in total. The molecular formula is C16H17N5O2. The molecule has 0 radical (unpaired) electrons. The number of pyridine rings is 1. The van der Waals surface area contributed by atoms with Gasteiger partial charge in [-0.25, -0.2) is 4.98 Å². The molecule has 0 fully saturated rings. The molecule has 0 saturated heterocycles. The summed E-state index contributed by atoms with van der Waals surface area (Å²) in [6, 6.07) is 6.66. The molecule has 0 unspecified atom stereocenters. The average molecular weight is 311 g/mol. The molecule has 23 heavy (non-hydrogen) atoms. The summed E-state index contributed by atoms with van der Waals surface area (Å²) in [4.78, 5) is 19.0. The minimum absolute atomic E-state index is 0.0737. The summed E-state index contributed by atoms with van der Waals surface area (Å²) in [7, 11) is 0. The number of nitro benzene ring substituents is 1. The van der Waals surface area contributed by atoms with E-state index < -0.39 is 0 Å². The monoisotopic (exact) mass is 311 g/mol. The maximum atomic E-state index is 11.0. The number of nitrogens with zero attached hydrogens (tertiary/aromatic N) is 4. The molecule has 2 heterocycles. The Bertz CT molecular complexity index is 830. The highest BCUT2D eigenvalue weighted by molar-refractivity contribution is 5.93. The van der Waals surface area contributed by atoms with Crippen LogP contribution in [0.3, 0.4) is 0 Å². The average Bonchev–Trinajstić information content (AvgIpc) is 3.04. The van der Waals surface area contributed by atoms with E-state index in [-0.39, 0.29) is 10.6 Å². The second-order valence-electron chi connectivity index (χ2n) is 5.35. The quantitative estimate of drug-likeness (QED) is 0.429. The van der Waals surface area contributed by atoms with E-state index in [0.717, 1.165) is 41.8 Å². The molecule has 3 rings (SSSR count). The first-order valence-electron chi connectivity index (χ1n) is 7.39. The van der Waals surface area contributed by atoms with Gasteiger partial charge in [0.15, 0.2) is 0 Å². The number of non-ortho nitro benzene ring substituents is 1. The van der Waals surface area contributed by atoms with Crippen molar-refractivity contribution < 1.29 is 4.92 Å². The summed E-state index contributed by atoms with van der Waals surface area (Å²) in [5.74, 6) is 0. The second kappa shape index (κ2) is 6.43. The number of hydrogen-bond acceptors (Lipinski definition) is 5. The van der Waals surface area contributed by atoms with Gasteiger partial charge in [0.05, 0.1) is 16.8 Å². The van der Waals surface area contributed by atoms with E-state index in [4.69, 9.17) is 0 Å². The minimum atomic E-state index is -0.387. The lowest BCUT2D eigenvalue weighted by Gasteiger charge is -2.11. The van der Waals surface area contributed by atoms with Gasteiger partial charge in [0.25, 0.3) is 5.69 Å². The number of anilines is 1. The van der Waals surface area contributed by atoms with E-state index in [9.17, 15) is 10.1 Å². The van der Waals surface area contributed by atoms with Crippen LogP contribution < -0.4 is 5.32 Å². The van der Waals surface area contributed by atoms with Crippen LogP contribution in [-0.4, -0.2) is 26.0 Å². The normalized spacial score (nSPS) is 10.8. The molecule has 7 heteroatoms. The number of imidazole rings is 1. The van der Waals surface area contributed by atoms with Crippen LogP contribution in [0.5, 0.6) is 0 Å². The van der Waals surface area contributed by atoms with Gasteiger partial charge in [0, 0.05) is 54.4 Å². The van der Waals surface area contributed by atoms with Crippen LogP contribution in [0, 0.1) is 17.0 Å². The first-order chi connectivity index (χ1) is 11.1. The van der Waals surface area contributed by atoms with Crippen molar-refractivity contribution in [2.45, 2.75) is 19.9 Å². The molecule has 0 atom stereocenters. The third kappa shape index (κ3) is 3.45. The summed E-state index contributed by atoms with van der Waals surface area (Å²) in [5, 5.41) is 15.1. The van der Waals surface area contributed by atoms with Gasteiger partial charge in [0.1, 0.15) is 0 Å².